The van der Waals surface area contributed by atoms with Gasteiger partial charge in [0.05, 0.1) is 22.4 Å². The van der Waals surface area contributed by atoms with Crippen LogP contribution in [0.1, 0.15) is 52.7 Å². The molecule has 2 aliphatic heterocycles. The van der Waals surface area contributed by atoms with Gasteiger partial charge >= 0.3 is 0 Å². The van der Waals surface area contributed by atoms with Crippen LogP contribution in [-0.4, -0.2) is 11.3 Å². The van der Waals surface area contributed by atoms with Crippen LogP contribution in [0.2, 0.25) is 0 Å². The van der Waals surface area contributed by atoms with E-state index < -0.39 is 0 Å². The largest absolute Gasteiger partial charge is 0.311 e. The Labute approximate surface area is 504 Å². The molecule has 4 heteroatoms. The number of anilines is 6. The number of hydrogen-bond donors (Lipinski definition) is 0. The molecular weight excluding hydrogens is 1040 g/mol. The van der Waals surface area contributed by atoms with Crippen LogP contribution in [-0.2, 0) is 10.8 Å². The molecule has 0 fully saturated rings. The van der Waals surface area contributed by atoms with Gasteiger partial charge in [-0.25, -0.2) is 0 Å². The summed E-state index contributed by atoms with van der Waals surface area (Å²) < 4.78 is 2.50. The molecular formula is C82H64BN3. The SMILES string of the molecule is CC(C)(C)c1ccc(-c2cc3c4c(c2)N(c2cccc5ccc6ccccc6c25)c2ccc(-c5ccccc5)cc2B4c2cc(-n4c5ccccc5c5ccccc54)ccc2N3c2c(-c3ccccc3)cc(C(C)(C)C)cc2-c2ccccc2)cc1. The van der Waals surface area contributed by atoms with E-state index >= 15 is 0 Å². The first-order valence-corrected chi connectivity index (χ1v) is 30.4. The van der Waals surface area contributed by atoms with Crippen molar-refractivity contribution in [2.45, 2.75) is 52.4 Å². The average Bonchev–Trinajstić information content (AvgIpc) is 0.785. The van der Waals surface area contributed by atoms with Crippen molar-refractivity contribution < 1.29 is 0 Å². The van der Waals surface area contributed by atoms with Gasteiger partial charge in [-0.05, 0) is 155 Å². The van der Waals surface area contributed by atoms with Gasteiger partial charge in [0.25, 0.3) is 6.71 Å². The molecule has 410 valence electrons. The van der Waals surface area contributed by atoms with E-state index in [9.17, 15) is 0 Å². The van der Waals surface area contributed by atoms with Gasteiger partial charge in [-0.3, -0.25) is 0 Å². The lowest BCUT2D eigenvalue weighted by Crippen LogP contribution is -2.61. The number of hydrogen-bond acceptors (Lipinski definition) is 2. The highest BCUT2D eigenvalue weighted by atomic mass is 15.2. The number of aromatic nitrogens is 1. The summed E-state index contributed by atoms with van der Waals surface area (Å²) in [5, 5.41) is 7.37. The fourth-order valence-electron chi connectivity index (χ4n) is 14.2. The first-order chi connectivity index (χ1) is 41.9. The fraction of sp³-hybridized carbons (Fsp3) is 0.0976. The number of para-hydroxylation sites is 2. The molecule has 0 aliphatic carbocycles. The van der Waals surface area contributed by atoms with Crippen LogP contribution in [0.4, 0.5) is 34.1 Å². The fourth-order valence-corrected chi connectivity index (χ4v) is 14.2. The predicted molar refractivity (Wildman–Crippen MR) is 369 cm³/mol. The highest BCUT2D eigenvalue weighted by Crippen LogP contribution is 2.53. The van der Waals surface area contributed by atoms with Crippen LogP contribution < -0.4 is 26.2 Å². The van der Waals surface area contributed by atoms with Crippen LogP contribution in [0.25, 0.3) is 93.5 Å². The van der Waals surface area contributed by atoms with E-state index in [-0.39, 0.29) is 17.5 Å². The Bertz CT molecular complexity index is 4890. The maximum absolute atomic E-state index is 2.69. The first kappa shape index (κ1) is 51.5. The highest BCUT2D eigenvalue weighted by molar-refractivity contribution is 7.00. The second-order valence-corrected chi connectivity index (χ2v) is 25.7. The molecule has 0 spiro atoms. The van der Waals surface area contributed by atoms with Crippen LogP contribution in [0.5, 0.6) is 0 Å². The van der Waals surface area contributed by atoms with Crippen molar-refractivity contribution >= 4 is 101 Å². The smallest absolute Gasteiger partial charge is 0.252 e. The topological polar surface area (TPSA) is 11.4 Å². The van der Waals surface area contributed by atoms with E-state index in [2.05, 4.69) is 335 Å². The summed E-state index contributed by atoms with van der Waals surface area (Å²) in [4.78, 5) is 5.33. The monoisotopic (exact) mass is 1100 g/mol. The zero-order valence-electron chi connectivity index (χ0n) is 49.5. The summed E-state index contributed by atoms with van der Waals surface area (Å²) in [6, 6.07) is 106. The Morgan fingerprint density at radius 3 is 1.42 bits per heavy atom. The molecule has 0 unspecified atom stereocenters. The molecule has 0 radical (unpaired) electrons. The Hall–Kier alpha value is -10.2. The predicted octanol–water partition coefficient (Wildman–Crippen LogP) is 20.4. The molecule has 1 aromatic heterocycles. The standard InChI is InChI=1S/C82H64BN3/c1-81(2,3)61-42-39-54(40-43-61)60-48-76-79-77(49-60)86(80-67(55-25-12-8-13-26-55)50-62(82(4,5)6)51-68(80)56-27-14-9-15-28-56)74-46-44-63(84-71-34-20-18-32-65(71)66-33-19-21-35-72(66)84)52-70(74)83(79)69-47-59(53-23-10-7-11-24-53)41-45-73(69)85(76)75-36-22-30-58-38-37-57-29-16-17-31-64(57)78(58)75/h7-52H,1-6H3. The van der Waals surface area contributed by atoms with Crippen LogP contribution in [0.3, 0.4) is 0 Å². The first-order valence-electron chi connectivity index (χ1n) is 30.4. The van der Waals surface area contributed by atoms with Crippen molar-refractivity contribution in [2.75, 3.05) is 9.80 Å². The lowest BCUT2D eigenvalue weighted by Gasteiger charge is -2.46. The zero-order chi connectivity index (χ0) is 58.0. The van der Waals surface area contributed by atoms with Gasteiger partial charge in [0.2, 0.25) is 0 Å². The van der Waals surface area contributed by atoms with Crippen LogP contribution in [0, 0.1) is 0 Å². The number of fused-ring (bicyclic) bond motifs is 10. The van der Waals surface area contributed by atoms with Gasteiger partial charge < -0.3 is 14.4 Å². The van der Waals surface area contributed by atoms with Gasteiger partial charge in [0, 0.05) is 55.7 Å². The Kier molecular flexibility index (Phi) is 11.8. The van der Waals surface area contributed by atoms with E-state index in [1.165, 1.54) is 115 Å². The van der Waals surface area contributed by atoms with Crippen LogP contribution >= 0.6 is 0 Å². The molecule has 3 nitrogen and oxygen atoms in total. The minimum Gasteiger partial charge on any atom is -0.311 e. The summed E-state index contributed by atoms with van der Waals surface area (Å²) in [6.45, 7) is 13.8. The molecule has 0 saturated carbocycles. The second-order valence-electron chi connectivity index (χ2n) is 25.7. The molecule has 13 aromatic carbocycles. The summed E-state index contributed by atoms with van der Waals surface area (Å²) in [5.41, 5.74) is 26.0. The minimum absolute atomic E-state index is 0.0106. The van der Waals surface area contributed by atoms with E-state index in [0.717, 1.165) is 39.7 Å². The van der Waals surface area contributed by atoms with Crippen molar-refractivity contribution in [3.8, 4) is 50.2 Å². The van der Waals surface area contributed by atoms with Crippen LogP contribution in [0.15, 0.2) is 279 Å². The lowest BCUT2D eigenvalue weighted by atomic mass is 9.33. The van der Waals surface area contributed by atoms with E-state index in [4.69, 9.17) is 0 Å². The second kappa shape index (κ2) is 19.7. The Balaban J connectivity index is 1.10. The van der Waals surface area contributed by atoms with Crippen molar-refractivity contribution in [1.29, 1.82) is 0 Å². The molecule has 0 N–H and O–H groups in total. The average molecular weight is 1100 g/mol. The maximum Gasteiger partial charge on any atom is 0.252 e. The third-order valence-corrected chi connectivity index (χ3v) is 18.4. The lowest BCUT2D eigenvalue weighted by molar-refractivity contribution is 0.590. The van der Waals surface area contributed by atoms with E-state index in [1.807, 2.05) is 0 Å². The summed E-state index contributed by atoms with van der Waals surface area (Å²) in [7, 11) is 0. The molecule has 0 atom stereocenters. The molecule has 16 rings (SSSR count). The van der Waals surface area contributed by atoms with Gasteiger partial charge in [-0.2, -0.15) is 0 Å². The molecule has 14 aromatic rings. The van der Waals surface area contributed by atoms with Gasteiger partial charge in [0.1, 0.15) is 0 Å². The number of benzene rings is 13. The molecule has 0 bridgehead atoms. The Morgan fingerprint density at radius 1 is 0.302 bits per heavy atom. The van der Waals surface area contributed by atoms with Crippen molar-refractivity contribution in [3.05, 3.63) is 290 Å². The minimum atomic E-state index is -0.201. The molecule has 3 heterocycles. The third kappa shape index (κ3) is 8.26. The normalized spacial score (nSPS) is 12.9. The van der Waals surface area contributed by atoms with Gasteiger partial charge in [-0.1, -0.05) is 254 Å². The number of rotatable bonds is 7. The highest BCUT2D eigenvalue weighted by Gasteiger charge is 2.45. The van der Waals surface area contributed by atoms with E-state index in [1.54, 1.807) is 0 Å². The Morgan fingerprint density at radius 2 is 0.791 bits per heavy atom. The third-order valence-electron chi connectivity index (χ3n) is 18.4. The van der Waals surface area contributed by atoms with Gasteiger partial charge in [0.15, 0.2) is 0 Å². The zero-order valence-corrected chi connectivity index (χ0v) is 49.5. The maximum atomic E-state index is 2.69. The summed E-state index contributed by atoms with van der Waals surface area (Å²) in [6.07, 6.45) is 0. The molecule has 2 aliphatic rings. The molecule has 0 amide bonds. The summed E-state index contributed by atoms with van der Waals surface area (Å²) in [5.74, 6) is 0. The quantitative estimate of drug-likeness (QED) is 0.116. The molecule has 0 saturated heterocycles. The number of nitrogens with zero attached hydrogens (tertiary/aromatic N) is 3. The molecule has 86 heavy (non-hydrogen) atoms. The van der Waals surface area contributed by atoms with Gasteiger partial charge in [-0.15, -0.1) is 0 Å². The van der Waals surface area contributed by atoms with Crippen molar-refractivity contribution in [2.24, 2.45) is 0 Å². The van der Waals surface area contributed by atoms with Crippen molar-refractivity contribution in [1.82, 2.24) is 4.57 Å². The van der Waals surface area contributed by atoms with Crippen molar-refractivity contribution in [3.63, 3.8) is 0 Å². The van der Waals surface area contributed by atoms with E-state index in [0.29, 0.717) is 0 Å². The summed E-state index contributed by atoms with van der Waals surface area (Å²) >= 11 is 0.